The highest BCUT2D eigenvalue weighted by molar-refractivity contribution is 5.70. The molecule has 0 spiro atoms. The normalized spacial score (nSPS) is 26.2. The monoisotopic (exact) mass is 415 g/mol. The molecule has 0 saturated carbocycles. The third kappa shape index (κ3) is 5.11. The summed E-state index contributed by atoms with van der Waals surface area (Å²) < 4.78 is 5.76. The average molecular weight is 416 g/mol. The van der Waals surface area contributed by atoms with Crippen molar-refractivity contribution in [1.29, 1.82) is 0 Å². The van der Waals surface area contributed by atoms with Crippen LogP contribution in [-0.4, -0.2) is 60.3 Å². The van der Waals surface area contributed by atoms with E-state index < -0.39 is 5.60 Å². The number of anilines is 1. The fourth-order valence-electron chi connectivity index (χ4n) is 4.69. The lowest BCUT2D eigenvalue weighted by molar-refractivity contribution is -0.0211. The Morgan fingerprint density at radius 2 is 1.70 bits per heavy atom. The van der Waals surface area contributed by atoms with E-state index in [1.807, 2.05) is 25.7 Å². The molecule has 0 unspecified atom stereocenters. The van der Waals surface area contributed by atoms with E-state index in [-0.39, 0.29) is 11.6 Å². The van der Waals surface area contributed by atoms with Crippen LogP contribution in [0.25, 0.3) is 0 Å². The molecule has 3 rings (SSSR count). The Balaban J connectivity index is 1.76. The maximum absolute atomic E-state index is 13.0. The van der Waals surface area contributed by atoms with Crippen molar-refractivity contribution in [3.63, 3.8) is 0 Å². The highest BCUT2D eigenvalue weighted by atomic mass is 16.6. The molecular formula is C25H41N3O2. The Morgan fingerprint density at radius 1 is 1.10 bits per heavy atom. The molecule has 1 aromatic carbocycles. The molecule has 0 radical (unpaired) electrons. The van der Waals surface area contributed by atoms with Gasteiger partial charge in [-0.3, -0.25) is 9.80 Å². The van der Waals surface area contributed by atoms with Crippen molar-refractivity contribution in [2.24, 2.45) is 5.92 Å². The number of amides is 1. The summed E-state index contributed by atoms with van der Waals surface area (Å²) in [6, 6.07) is 9.52. The number of nitrogens with zero attached hydrogens (tertiary/aromatic N) is 3. The van der Waals surface area contributed by atoms with Crippen molar-refractivity contribution in [2.75, 3.05) is 37.6 Å². The van der Waals surface area contributed by atoms with Crippen molar-refractivity contribution < 1.29 is 9.53 Å². The van der Waals surface area contributed by atoms with Gasteiger partial charge in [-0.15, -0.1) is 0 Å². The molecule has 2 saturated heterocycles. The van der Waals surface area contributed by atoms with Crippen molar-refractivity contribution in [3.8, 4) is 0 Å². The van der Waals surface area contributed by atoms with E-state index in [0.29, 0.717) is 12.0 Å². The van der Waals surface area contributed by atoms with Gasteiger partial charge in [-0.25, -0.2) is 4.79 Å². The Kier molecular flexibility index (Phi) is 6.71. The number of hydrogen-bond acceptors (Lipinski definition) is 4. The minimum Gasteiger partial charge on any atom is -0.444 e. The molecule has 2 heterocycles. The number of carbonyl (C=O) groups excluding carboxylic acids is 1. The highest BCUT2D eigenvalue weighted by Gasteiger charge is 2.42. The van der Waals surface area contributed by atoms with Crippen LogP contribution in [0.2, 0.25) is 0 Å². The summed E-state index contributed by atoms with van der Waals surface area (Å²) in [5, 5.41) is 0. The van der Waals surface area contributed by atoms with E-state index in [4.69, 9.17) is 4.74 Å². The Hall–Kier alpha value is -1.75. The Labute approximate surface area is 183 Å². The lowest BCUT2D eigenvalue weighted by atomic mass is 9.79. The van der Waals surface area contributed by atoms with Crippen LogP contribution in [0.3, 0.4) is 0 Å². The zero-order valence-corrected chi connectivity index (χ0v) is 20.1. The molecule has 2 aliphatic heterocycles. The summed E-state index contributed by atoms with van der Waals surface area (Å²) in [6.45, 7) is 19.9. The van der Waals surface area contributed by atoms with Gasteiger partial charge in [-0.2, -0.15) is 0 Å². The highest BCUT2D eigenvalue weighted by Crippen LogP contribution is 2.40. The number of hydrogen-bond donors (Lipinski definition) is 0. The molecule has 1 aromatic rings. The molecule has 30 heavy (non-hydrogen) atoms. The molecule has 168 valence electrons. The number of carbonyl (C=O) groups is 1. The number of benzene rings is 1. The van der Waals surface area contributed by atoms with Gasteiger partial charge in [-0.1, -0.05) is 19.1 Å². The molecule has 0 bridgehead atoms. The zero-order valence-electron chi connectivity index (χ0n) is 20.1. The molecule has 2 aliphatic rings. The molecule has 0 N–H and O–H groups in total. The van der Waals surface area contributed by atoms with Crippen LogP contribution < -0.4 is 4.90 Å². The maximum Gasteiger partial charge on any atom is 0.411 e. The van der Waals surface area contributed by atoms with E-state index >= 15 is 0 Å². The van der Waals surface area contributed by atoms with E-state index in [1.165, 1.54) is 11.3 Å². The predicted octanol–water partition coefficient (Wildman–Crippen LogP) is 5.10. The van der Waals surface area contributed by atoms with Crippen molar-refractivity contribution in [2.45, 2.75) is 78.5 Å². The van der Waals surface area contributed by atoms with Crippen LogP contribution in [-0.2, 0) is 10.3 Å². The average Bonchev–Trinajstić information content (AvgIpc) is 2.69. The second-order valence-corrected chi connectivity index (χ2v) is 10.7. The summed E-state index contributed by atoms with van der Waals surface area (Å²) in [4.78, 5) is 20.0. The first-order valence-corrected chi connectivity index (χ1v) is 11.6. The quantitative estimate of drug-likeness (QED) is 0.688. The molecule has 0 aromatic heterocycles. The van der Waals surface area contributed by atoms with Gasteiger partial charge in [0.15, 0.2) is 0 Å². The van der Waals surface area contributed by atoms with Gasteiger partial charge in [0.05, 0.1) is 5.54 Å². The van der Waals surface area contributed by atoms with E-state index in [1.54, 1.807) is 0 Å². The van der Waals surface area contributed by atoms with E-state index in [2.05, 4.69) is 61.8 Å². The molecule has 5 nitrogen and oxygen atoms in total. The number of piperazine rings is 1. The van der Waals surface area contributed by atoms with Gasteiger partial charge in [0.25, 0.3) is 0 Å². The van der Waals surface area contributed by atoms with Crippen LogP contribution >= 0.6 is 0 Å². The standard InChI is InChI=1S/C25H41N3O2/c1-19(2)26-14-16-27(17-15-26)22-10-8-21(9-11-22)25(7)13-12-20(3)18-28(25)23(29)30-24(4,5)6/h8-11,19-20H,12-18H2,1-7H3/t20-,25-/m0/s1. The number of rotatable bonds is 3. The molecule has 5 heteroatoms. The van der Waals surface area contributed by atoms with Crippen LogP contribution in [0.4, 0.5) is 10.5 Å². The topological polar surface area (TPSA) is 36.0 Å². The molecule has 0 aliphatic carbocycles. The summed E-state index contributed by atoms with van der Waals surface area (Å²) in [6.07, 6.45) is 1.87. The molecule has 1 amide bonds. The summed E-state index contributed by atoms with van der Waals surface area (Å²) >= 11 is 0. The maximum atomic E-state index is 13.0. The minimum absolute atomic E-state index is 0.203. The summed E-state index contributed by atoms with van der Waals surface area (Å²) in [7, 11) is 0. The second-order valence-electron chi connectivity index (χ2n) is 10.7. The Morgan fingerprint density at radius 3 is 2.23 bits per heavy atom. The molecule has 2 fully saturated rings. The minimum atomic E-state index is -0.485. The number of piperidine rings is 1. The molecule has 2 atom stereocenters. The van der Waals surface area contributed by atoms with Gasteiger partial charge >= 0.3 is 6.09 Å². The third-order valence-corrected chi connectivity index (χ3v) is 6.73. The van der Waals surface area contributed by atoms with Gasteiger partial charge in [0, 0.05) is 44.5 Å². The van der Waals surface area contributed by atoms with Crippen molar-refractivity contribution in [1.82, 2.24) is 9.80 Å². The predicted molar refractivity (Wildman–Crippen MR) is 124 cm³/mol. The van der Waals surface area contributed by atoms with Crippen molar-refractivity contribution in [3.05, 3.63) is 29.8 Å². The molecular weight excluding hydrogens is 374 g/mol. The van der Waals surface area contributed by atoms with E-state index in [9.17, 15) is 4.79 Å². The van der Waals surface area contributed by atoms with Crippen LogP contribution in [0.15, 0.2) is 24.3 Å². The van der Waals surface area contributed by atoms with Crippen LogP contribution in [0.1, 0.15) is 66.9 Å². The second kappa shape index (κ2) is 8.78. The Bertz CT molecular complexity index is 717. The third-order valence-electron chi connectivity index (χ3n) is 6.73. The summed E-state index contributed by atoms with van der Waals surface area (Å²) in [5.74, 6) is 0.488. The fourth-order valence-corrected chi connectivity index (χ4v) is 4.69. The van der Waals surface area contributed by atoms with Crippen LogP contribution in [0, 0.1) is 5.92 Å². The largest absolute Gasteiger partial charge is 0.444 e. The summed E-state index contributed by atoms with van der Waals surface area (Å²) in [5.41, 5.74) is 1.66. The van der Waals surface area contributed by atoms with Crippen molar-refractivity contribution >= 4 is 11.8 Å². The van der Waals surface area contributed by atoms with Gasteiger partial charge in [-0.05, 0) is 78.0 Å². The number of likely N-dealkylation sites (tertiary alicyclic amines) is 1. The lowest BCUT2D eigenvalue weighted by Gasteiger charge is -2.47. The fraction of sp³-hybridized carbons (Fsp3) is 0.720. The van der Waals surface area contributed by atoms with Gasteiger partial charge in [0.2, 0.25) is 0 Å². The van der Waals surface area contributed by atoms with E-state index in [0.717, 1.165) is 45.6 Å². The lowest BCUT2D eigenvalue weighted by Crippen LogP contribution is -2.54. The van der Waals surface area contributed by atoms with Gasteiger partial charge in [0.1, 0.15) is 5.60 Å². The number of ether oxygens (including phenoxy) is 1. The smallest absolute Gasteiger partial charge is 0.411 e. The van der Waals surface area contributed by atoms with Crippen LogP contribution in [0.5, 0.6) is 0 Å². The SMILES string of the molecule is CC(C)N1CCN(c2ccc([C@]3(C)CC[C@H](C)CN3C(=O)OC(C)(C)C)cc2)CC1. The van der Waals surface area contributed by atoms with Gasteiger partial charge < -0.3 is 9.64 Å². The zero-order chi connectivity index (χ0) is 22.1. The first-order chi connectivity index (χ1) is 14.0. The first kappa shape index (κ1) is 22.9. The first-order valence-electron chi connectivity index (χ1n) is 11.6.